The summed E-state index contributed by atoms with van der Waals surface area (Å²) in [6, 6.07) is 8.84. The Hall–Kier alpha value is -1.88. The zero-order chi connectivity index (χ0) is 15.8. The van der Waals surface area contributed by atoms with Crippen LogP contribution in [0.4, 0.5) is 0 Å². The van der Waals surface area contributed by atoms with Gasteiger partial charge in [0.2, 0.25) is 11.8 Å². The van der Waals surface area contributed by atoms with Crippen molar-refractivity contribution in [1.29, 1.82) is 0 Å². The molecule has 0 aromatic heterocycles. The molecule has 5 nitrogen and oxygen atoms in total. The van der Waals surface area contributed by atoms with E-state index in [1.54, 1.807) is 0 Å². The van der Waals surface area contributed by atoms with Gasteiger partial charge >= 0.3 is 0 Å². The topological polar surface area (TPSA) is 84.2 Å². The van der Waals surface area contributed by atoms with Crippen molar-refractivity contribution in [3.8, 4) is 0 Å². The second-order valence-electron chi connectivity index (χ2n) is 5.90. The first-order chi connectivity index (χ1) is 10.7. The molecular weight excluding hydrogens is 278 g/mol. The summed E-state index contributed by atoms with van der Waals surface area (Å²) < 4.78 is 0. The number of carbonyl (C=O) groups is 2. The molecule has 0 spiro atoms. The highest BCUT2D eigenvalue weighted by Gasteiger charge is 2.19. The van der Waals surface area contributed by atoms with Crippen molar-refractivity contribution in [2.75, 3.05) is 13.1 Å². The van der Waals surface area contributed by atoms with Gasteiger partial charge < -0.3 is 16.4 Å². The van der Waals surface area contributed by atoms with Gasteiger partial charge in [0.15, 0.2) is 0 Å². The van der Waals surface area contributed by atoms with Crippen LogP contribution in [0.2, 0.25) is 0 Å². The summed E-state index contributed by atoms with van der Waals surface area (Å²) in [5.41, 5.74) is 6.27. The number of hydrogen-bond acceptors (Lipinski definition) is 3. The Labute approximate surface area is 131 Å². The smallest absolute Gasteiger partial charge is 0.239 e. The van der Waals surface area contributed by atoms with Crippen molar-refractivity contribution in [2.24, 2.45) is 11.7 Å². The molecule has 120 valence electrons. The van der Waals surface area contributed by atoms with Crippen LogP contribution in [0, 0.1) is 5.92 Å². The number of amides is 2. The van der Waals surface area contributed by atoms with E-state index in [0.29, 0.717) is 25.4 Å². The Kier molecular flexibility index (Phi) is 6.40. The molecule has 2 rings (SSSR count). The average molecular weight is 303 g/mol. The van der Waals surface area contributed by atoms with Crippen molar-refractivity contribution in [1.82, 2.24) is 10.6 Å². The Morgan fingerprint density at radius 2 is 1.82 bits per heavy atom. The van der Waals surface area contributed by atoms with Crippen LogP contribution in [-0.2, 0) is 9.59 Å². The number of nitrogens with one attached hydrogen (secondary N) is 2. The van der Waals surface area contributed by atoms with Crippen LogP contribution in [0.25, 0.3) is 0 Å². The van der Waals surface area contributed by atoms with Crippen molar-refractivity contribution in [3.05, 3.63) is 35.9 Å². The Morgan fingerprint density at radius 1 is 1.14 bits per heavy atom. The van der Waals surface area contributed by atoms with E-state index in [1.165, 1.54) is 25.7 Å². The third-order valence-electron chi connectivity index (χ3n) is 4.16. The number of primary amides is 1. The van der Waals surface area contributed by atoms with Crippen LogP contribution >= 0.6 is 0 Å². The van der Waals surface area contributed by atoms with E-state index in [1.807, 2.05) is 30.3 Å². The summed E-state index contributed by atoms with van der Waals surface area (Å²) in [7, 11) is 0. The van der Waals surface area contributed by atoms with Gasteiger partial charge in [0.25, 0.3) is 0 Å². The Balaban J connectivity index is 1.69. The summed E-state index contributed by atoms with van der Waals surface area (Å²) in [5, 5.41) is 6.00. The molecule has 22 heavy (non-hydrogen) atoms. The van der Waals surface area contributed by atoms with Crippen LogP contribution in [-0.4, -0.2) is 24.9 Å². The predicted octanol–water partition coefficient (Wildman–Crippen LogP) is 1.50. The lowest BCUT2D eigenvalue weighted by Crippen LogP contribution is -2.38. The first-order valence-electron chi connectivity index (χ1n) is 8.01. The monoisotopic (exact) mass is 303 g/mol. The molecule has 1 saturated carbocycles. The van der Waals surface area contributed by atoms with Gasteiger partial charge in [-0.25, -0.2) is 0 Å². The second kappa shape index (κ2) is 8.54. The molecule has 4 N–H and O–H groups in total. The summed E-state index contributed by atoms with van der Waals surface area (Å²) >= 11 is 0. The van der Waals surface area contributed by atoms with Crippen molar-refractivity contribution < 1.29 is 9.59 Å². The minimum atomic E-state index is -0.520. The van der Waals surface area contributed by atoms with Gasteiger partial charge in [0.1, 0.15) is 6.04 Å². The molecule has 1 atom stereocenters. The van der Waals surface area contributed by atoms with E-state index in [4.69, 9.17) is 5.73 Å². The molecule has 0 aliphatic heterocycles. The third kappa shape index (κ3) is 5.15. The Morgan fingerprint density at radius 3 is 2.45 bits per heavy atom. The zero-order valence-electron chi connectivity index (χ0n) is 12.9. The average Bonchev–Trinajstić information content (AvgIpc) is 3.00. The zero-order valence-corrected chi connectivity index (χ0v) is 12.9. The third-order valence-corrected chi connectivity index (χ3v) is 4.16. The molecule has 1 fully saturated rings. The molecule has 1 aliphatic rings. The van der Waals surface area contributed by atoms with E-state index in [9.17, 15) is 9.59 Å². The number of benzene rings is 1. The maximum atomic E-state index is 11.8. The molecule has 1 aromatic rings. The fourth-order valence-corrected chi connectivity index (χ4v) is 3.00. The number of nitrogens with two attached hydrogens (primary N) is 1. The number of rotatable bonds is 8. The lowest BCUT2D eigenvalue weighted by molar-refractivity contribution is -0.121. The molecule has 0 bridgehead atoms. The second-order valence-corrected chi connectivity index (χ2v) is 5.90. The van der Waals surface area contributed by atoms with Crippen molar-refractivity contribution in [2.45, 2.75) is 38.1 Å². The standard InChI is InChI=1S/C17H25N3O2/c18-17(22)16(14-8-2-1-3-9-14)20-11-10-19-15(21)12-13-6-4-5-7-13/h1-3,8-9,13,16,20H,4-7,10-12H2,(H2,18,22)(H,19,21)/t16-/m0/s1. The van der Waals surface area contributed by atoms with E-state index in [2.05, 4.69) is 10.6 Å². The van der Waals surface area contributed by atoms with Crippen LogP contribution in [0.5, 0.6) is 0 Å². The summed E-state index contributed by atoms with van der Waals surface area (Å²) in [6.45, 7) is 1.01. The van der Waals surface area contributed by atoms with Gasteiger partial charge in [-0.05, 0) is 24.3 Å². The van der Waals surface area contributed by atoms with E-state index in [0.717, 1.165) is 5.56 Å². The molecule has 1 aromatic carbocycles. The molecule has 0 unspecified atom stereocenters. The van der Waals surface area contributed by atoms with Crippen LogP contribution in [0.3, 0.4) is 0 Å². The lowest BCUT2D eigenvalue weighted by Gasteiger charge is -2.16. The normalized spacial score (nSPS) is 16.4. The van der Waals surface area contributed by atoms with Crippen molar-refractivity contribution >= 4 is 11.8 Å². The van der Waals surface area contributed by atoms with Gasteiger partial charge in [-0.3, -0.25) is 9.59 Å². The lowest BCUT2D eigenvalue weighted by atomic mass is 10.0. The van der Waals surface area contributed by atoms with Gasteiger partial charge in [-0.2, -0.15) is 0 Å². The fraction of sp³-hybridized carbons (Fsp3) is 0.529. The van der Waals surface area contributed by atoms with Crippen molar-refractivity contribution in [3.63, 3.8) is 0 Å². The highest BCUT2D eigenvalue weighted by atomic mass is 16.2. The van der Waals surface area contributed by atoms with Gasteiger partial charge in [0, 0.05) is 19.5 Å². The van der Waals surface area contributed by atoms with Gasteiger partial charge in [-0.1, -0.05) is 43.2 Å². The molecule has 2 amide bonds. The molecule has 0 heterocycles. The summed E-state index contributed by atoms with van der Waals surface area (Å²) in [4.78, 5) is 23.3. The van der Waals surface area contributed by atoms with E-state index < -0.39 is 11.9 Å². The van der Waals surface area contributed by atoms with E-state index in [-0.39, 0.29) is 5.91 Å². The van der Waals surface area contributed by atoms with Crippen LogP contribution in [0.15, 0.2) is 30.3 Å². The maximum absolute atomic E-state index is 11.8. The quantitative estimate of drug-likeness (QED) is 0.636. The highest BCUT2D eigenvalue weighted by Crippen LogP contribution is 2.27. The Bertz CT molecular complexity index is 484. The first-order valence-corrected chi connectivity index (χ1v) is 8.01. The summed E-state index contributed by atoms with van der Waals surface area (Å²) in [6.07, 6.45) is 5.46. The molecule has 5 heteroatoms. The predicted molar refractivity (Wildman–Crippen MR) is 86.0 cm³/mol. The minimum absolute atomic E-state index is 0.101. The largest absolute Gasteiger partial charge is 0.368 e. The SMILES string of the molecule is NC(=O)[C@@H](NCCNC(=O)CC1CCCC1)c1ccccc1. The summed E-state index contributed by atoms with van der Waals surface area (Å²) in [5.74, 6) is 0.239. The number of carbonyl (C=O) groups excluding carboxylic acids is 2. The maximum Gasteiger partial charge on any atom is 0.239 e. The van der Waals surface area contributed by atoms with Gasteiger partial charge in [0.05, 0.1) is 0 Å². The van der Waals surface area contributed by atoms with Crippen LogP contribution in [0.1, 0.15) is 43.7 Å². The fourth-order valence-electron chi connectivity index (χ4n) is 3.00. The minimum Gasteiger partial charge on any atom is -0.368 e. The highest BCUT2D eigenvalue weighted by molar-refractivity contribution is 5.81. The molecule has 0 saturated heterocycles. The van der Waals surface area contributed by atoms with Gasteiger partial charge in [-0.15, -0.1) is 0 Å². The molecule has 0 radical (unpaired) electrons. The number of hydrogen-bond donors (Lipinski definition) is 3. The first kappa shape index (κ1) is 16.5. The van der Waals surface area contributed by atoms with E-state index >= 15 is 0 Å². The molecular formula is C17H25N3O2. The molecule has 1 aliphatic carbocycles. The van der Waals surface area contributed by atoms with Crippen LogP contribution < -0.4 is 16.4 Å².